The van der Waals surface area contributed by atoms with Crippen molar-refractivity contribution in [1.29, 1.82) is 0 Å². The largest absolute Gasteiger partial charge is 0.497 e. The van der Waals surface area contributed by atoms with Crippen LogP contribution >= 0.6 is 0 Å². The maximum Gasteiger partial charge on any atom is 0.264 e. The van der Waals surface area contributed by atoms with E-state index in [0.29, 0.717) is 0 Å². The topological polar surface area (TPSA) is 105 Å². The van der Waals surface area contributed by atoms with Gasteiger partial charge in [-0.05, 0) is 38.5 Å². The fourth-order valence-corrected chi connectivity index (χ4v) is 3.77. The minimum absolute atomic E-state index is 0.0645. The van der Waals surface area contributed by atoms with Gasteiger partial charge in [-0.3, -0.25) is 9.63 Å². The van der Waals surface area contributed by atoms with E-state index in [1.54, 1.807) is 6.92 Å². The Labute approximate surface area is 180 Å². The number of hydroxylamine groups is 1. The number of amides is 1. The molecular formula is C20H26F2N2O6S. The van der Waals surface area contributed by atoms with Crippen LogP contribution in [0, 0.1) is 5.82 Å². The first-order chi connectivity index (χ1) is 14.4. The Balaban J connectivity index is 2.22. The number of methoxy groups -OCH3 is 1. The molecule has 0 saturated heterocycles. The molecule has 31 heavy (non-hydrogen) atoms. The van der Waals surface area contributed by atoms with Gasteiger partial charge in [0.1, 0.15) is 23.6 Å². The number of sulfone groups is 1. The average Bonchev–Trinajstić information content (AvgIpc) is 2.71. The summed E-state index contributed by atoms with van der Waals surface area (Å²) >= 11 is 0. The summed E-state index contributed by atoms with van der Waals surface area (Å²) in [4.78, 5) is 18.3. The molecule has 2 unspecified atom stereocenters. The van der Waals surface area contributed by atoms with Gasteiger partial charge in [-0.1, -0.05) is 0 Å². The molecule has 2 rings (SSSR count). The van der Waals surface area contributed by atoms with Crippen molar-refractivity contribution in [2.45, 2.75) is 31.2 Å². The zero-order valence-electron chi connectivity index (χ0n) is 17.7. The van der Waals surface area contributed by atoms with E-state index in [2.05, 4.69) is 5.48 Å². The van der Waals surface area contributed by atoms with E-state index in [1.807, 2.05) is 0 Å². The molecule has 2 N–H and O–H groups in total. The number of ether oxygens (including phenoxy) is 1. The van der Waals surface area contributed by atoms with Gasteiger partial charge in [0, 0.05) is 36.2 Å². The average molecular weight is 460 g/mol. The highest BCUT2D eigenvalue weighted by molar-refractivity contribution is 7.92. The maximum absolute atomic E-state index is 14.7. The molecule has 0 aliphatic carbocycles. The molecule has 1 aromatic carbocycles. The second-order valence-corrected chi connectivity index (χ2v) is 9.62. The van der Waals surface area contributed by atoms with E-state index in [-0.39, 0.29) is 36.5 Å². The van der Waals surface area contributed by atoms with Crippen molar-refractivity contribution in [3.05, 3.63) is 47.7 Å². The molecule has 0 fully saturated rings. The molecule has 0 spiro atoms. The number of hydrogen-bond acceptors (Lipinski definition) is 7. The first-order valence-corrected chi connectivity index (χ1v) is 11.3. The van der Waals surface area contributed by atoms with E-state index in [0.717, 1.165) is 29.5 Å². The first-order valence-electron chi connectivity index (χ1n) is 9.43. The first kappa shape index (κ1) is 24.8. The highest BCUT2D eigenvalue weighted by Gasteiger charge is 2.44. The Bertz CT molecular complexity index is 995. The molecule has 0 saturated carbocycles. The van der Waals surface area contributed by atoms with Crippen LogP contribution in [0.3, 0.4) is 0 Å². The smallest absolute Gasteiger partial charge is 0.264 e. The summed E-state index contributed by atoms with van der Waals surface area (Å²) in [6, 6.07) is 3.88. The lowest BCUT2D eigenvalue weighted by Crippen LogP contribution is -2.51. The van der Waals surface area contributed by atoms with Crippen LogP contribution in [0.4, 0.5) is 8.78 Å². The number of carbonyl (C=O) groups is 1. The van der Waals surface area contributed by atoms with Crippen molar-refractivity contribution < 1.29 is 36.7 Å². The number of halogens is 2. The number of carbonyl (C=O) groups excluding carboxylic acids is 1. The number of nitrogens with zero attached hydrogens (tertiary/aromatic N) is 1. The minimum atomic E-state index is -3.88. The summed E-state index contributed by atoms with van der Waals surface area (Å²) in [5.41, 5.74) is 1.87. The van der Waals surface area contributed by atoms with Crippen molar-refractivity contribution in [2.24, 2.45) is 0 Å². The Morgan fingerprint density at radius 1 is 1.35 bits per heavy atom. The van der Waals surface area contributed by atoms with E-state index in [4.69, 9.17) is 9.57 Å². The van der Waals surface area contributed by atoms with Crippen LogP contribution in [0.1, 0.15) is 25.8 Å². The van der Waals surface area contributed by atoms with Gasteiger partial charge < -0.3 is 14.7 Å². The molecule has 0 aromatic heterocycles. The van der Waals surface area contributed by atoms with Crippen LogP contribution in [0.25, 0.3) is 5.57 Å². The summed E-state index contributed by atoms with van der Waals surface area (Å²) in [5.74, 6) is -2.17. The standard InChI is InChI=1S/C20H26F2N2O6S/c1-5-30-23-19(26)20(2,31(4,27)28)8-9-24-12-17(22)15(11-18(24)25)14-7-6-13(29-3)10-16(14)21/h6-7,10-12,18,25H,5,8-9H2,1-4H3,(H,23,26). The molecule has 0 bridgehead atoms. The number of allylic oxidation sites excluding steroid dienone is 2. The number of aliphatic hydroxyl groups excluding tert-OH is 1. The Hall–Kier alpha value is -2.50. The van der Waals surface area contributed by atoms with E-state index < -0.39 is 38.4 Å². The third-order valence-electron chi connectivity index (χ3n) is 5.11. The van der Waals surface area contributed by atoms with Crippen LogP contribution in [-0.4, -0.2) is 61.8 Å². The van der Waals surface area contributed by atoms with E-state index in [9.17, 15) is 27.1 Å². The zero-order valence-corrected chi connectivity index (χ0v) is 18.5. The lowest BCUT2D eigenvalue weighted by Gasteiger charge is -2.33. The van der Waals surface area contributed by atoms with Crippen molar-refractivity contribution in [3.63, 3.8) is 0 Å². The fourth-order valence-electron chi connectivity index (χ4n) is 2.93. The number of aliphatic hydroxyl groups is 1. The lowest BCUT2D eigenvalue weighted by atomic mass is 10.00. The van der Waals surface area contributed by atoms with Gasteiger partial charge in [0.15, 0.2) is 14.6 Å². The number of hydrogen-bond donors (Lipinski definition) is 2. The Morgan fingerprint density at radius 3 is 2.58 bits per heavy atom. The molecule has 1 amide bonds. The van der Waals surface area contributed by atoms with Crippen LogP contribution in [0.5, 0.6) is 5.75 Å². The number of benzene rings is 1. The Morgan fingerprint density at radius 2 is 2.03 bits per heavy atom. The molecule has 172 valence electrons. The normalized spacial score (nSPS) is 18.7. The SMILES string of the molecule is CCONC(=O)C(C)(CCN1C=C(F)C(c2ccc(OC)cc2F)=CC1O)S(C)(=O)=O. The molecule has 0 radical (unpaired) electrons. The number of rotatable bonds is 9. The molecule has 1 heterocycles. The summed E-state index contributed by atoms with van der Waals surface area (Å²) in [5, 5.41) is 10.4. The Kier molecular flexibility index (Phi) is 7.79. The van der Waals surface area contributed by atoms with E-state index >= 15 is 0 Å². The van der Waals surface area contributed by atoms with Gasteiger partial charge >= 0.3 is 0 Å². The second-order valence-electron chi connectivity index (χ2n) is 7.17. The molecule has 1 aliphatic heterocycles. The van der Waals surface area contributed by atoms with Gasteiger partial charge in [0.2, 0.25) is 0 Å². The van der Waals surface area contributed by atoms with Crippen molar-refractivity contribution in [1.82, 2.24) is 10.4 Å². The predicted molar refractivity (Wildman–Crippen MR) is 110 cm³/mol. The predicted octanol–water partition coefficient (Wildman–Crippen LogP) is 1.92. The van der Waals surface area contributed by atoms with Crippen LogP contribution in [0.2, 0.25) is 0 Å². The monoisotopic (exact) mass is 460 g/mol. The van der Waals surface area contributed by atoms with Gasteiger partial charge in [-0.2, -0.15) is 0 Å². The van der Waals surface area contributed by atoms with Crippen molar-refractivity contribution >= 4 is 21.3 Å². The second kappa shape index (κ2) is 9.75. The van der Waals surface area contributed by atoms with E-state index in [1.165, 1.54) is 26.2 Å². The van der Waals surface area contributed by atoms with Crippen LogP contribution in [0.15, 0.2) is 36.3 Å². The van der Waals surface area contributed by atoms with Crippen molar-refractivity contribution in [3.8, 4) is 5.75 Å². The minimum Gasteiger partial charge on any atom is -0.497 e. The molecule has 1 aliphatic rings. The highest BCUT2D eigenvalue weighted by atomic mass is 32.2. The van der Waals surface area contributed by atoms with Gasteiger partial charge in [0.05, 0.1) is 13.7 Å². The summed E-state index contributed by atoms with van der Waals surface area (Å²) in [7, 11) is -2.51. The van der Waals surface area contributed by atoms with Crippen molar-refractivity contribution in [2.75, 3.05) is 26.5 Å². The summed E-state index contributed by atoms with van der Waals surface area (Å²) in [6.07, 6.45) is 1.35. The van der Waals surface area contributed by atoms with Gasteiger partial charge in [-0.25, -0.2) is 22.7 Å². The third-order valence-corrected chi connectivity index (χ3v) is 7.14. The molecule has 2 atom stereocenters. The van der Waals surface area contributed by atoms with Crippen LogP contribution < -0.4 is 10.2 Å². The zero-order chi connectivity index (χ0) is 23.4. The van der Waals surface area contributed by atoms with Gasteiger partial charge in [-0.15, -0.1) is 0 Å². The third kappa shape index (κ3) is 5.41. The maximum atomic E-state index is 14.7. The summed E-state index contributed by atoms with van der Waals surface area (Å²) < 4.78 is 56.6. The van der Waals surface area contributed by atoms with Crippen LogP contribution in [-0.2, 0) is 19.5 Å². The quantitative estimate of drug-likeness (QED) is 0.543. The molecule has 11 heteroatoms. The molecular weight excluding hydrogens is 434 g/mol. The number of nitrogens with one attached hydrogen (secondary N) is 1. The fraction of sp³-hybridized carbons (Fsp3) is 0.450. The highest BCUT2D eigenvalue weighted by Crippen LogP contribution is 2.33. The molecule has 1 aromatic rings. The molecule has 8 nitrogen and oxygen atoms in total. The van der Waals surface area contributed by atoms with Gasteiger partial charge in [0.25, 0.3) is 5.91 Å². The summed E-state index contributed by atoms with van der Waals surface area (Å²) in [6.45, 7) is 2.80. The lowest BCUT2D eigenvalue weighted by molar-refractivity contribution is -0.135.